The molecule has 15 heavy (non-hydrogen) atoms. The molecule has 4 heteroatoms. The molecule has 1 heterocycles. The summed E-state index contributed by atoms with van der Waals surface area (Å²) in [5.41, 5.74) is 5.61. The van der Waals surface area contributed by atoms with E-state index in [-0.39, 0.29) is 30.3 Å². The zero-order valence-electron chi connectivity index (χ0n) is 9.65. The third-order valence-corrected chi connectivity index (χ3v) is 3.23. The third-order valence-electron chi connectivity index (χ3n) is 3.23. The minimum absolute atomic E-state index is 0.0672. The fraction of sp³-hybridized carbons (Fsp3) is 0.909. The zero-order valence-corrected chi connectivity index (χ0v) is 9.65. The first-order valence-electron chi connectivity index (χ1n) is 5.69. The lowest BCUT2D eigenvalue weighted by Crippen LogP contribution is -2.40. The van der Waals surface area contributed by atoms with Crippen LogP contribution in [0.4, 0.5) is 0 Å². The summed E-state index contributed by atoms with van der Waals surface area (Å²) in [5.74, 6) is 0.640. The molecule has 0 saturated carbocycles. The van der Waals surface area contributed by atoms with Crippen molar-refractivity contribution in [1.29, 1.82) is 0 Å². The maximum absolute atomic E-state index is 12.0. The van der Waals surface area contributed by atoms with Gasteiger partial charge in [-0.25, -0.2) is 0 Å². The van der Waals surface area contributed by atoms with E-state index < -0.39 is 0 Å². The fourth-order valence-electron chi connectivity index (χ4n) is 2.07. The molecule has 4 nitrogen and oxygen atoms in total. The molecule has 2 atom stereocenters. The van der Waals surface area contributed by atoms with Crippen LogP contribution in [0.1, 0.15) is 20.3 Å². The molecule has 0 aromatic carbocycles. The van der Waals surface area contributed by atoms with Gasteiger partial charge in [0.1, 0.15) is 0 Å². The largest absolute Gasteiger partial charge is 0.396 e. The Balaban J connectivity index is 2.53. The van der Waals surface area contributed by atoms with E-state index in [1.165, 1.54) is 0 Å². The van der Waals surface area contributed by atoms with Gasteiger partial charge in [0, 0.05) is 32.2 Å². The quantitative estimate of drug-likeness (QED) is 0.695. The van der Waals surface area contributed by atoms with Gasteiger partial charge in [-0.2, -0.15) is 0 Å². The summed E-state index contributed by atoms with van der Waals surface area (Å²) in [6.07, 6.45) is 0.914. The Kier molecular flexibility index (Phi) is 4.54. The lowest BCUT2D eigenvalue weighted by atomic mass is 9.94. The number of hydrogen-bond donors (Lipinski definition) is 2. The number of hydrogen-bond acceptors (Lipinski definition) is 3. The molecular weight excluding hydrogens is 192 g/mol. The van der Waals surface area contributed by atoms with Crippen molar-refractivity contribution in [3.8, 4) is 0 Å². The number of likely N-dealkylation sites (tertiary alicyclic amines) is 1. The molecule has 1 fully saturated rings. The number of rotatable bonds is 4. The number of carbonyl (C=O) groups excluding carboxylic acids is 1. The monoisotopic (exact) mass is 214 g/mol. The first-order chi connectivity index (χ1) is 7.10. The van der Waals surface area contributed by atoms with Gasteiger partial charge in [-0.15, -0.1) is 0 Å². The molecule has 2 unspecified atom stereocenters. The summed E-state index contributed by atoms with van der Waals surface area (Å²) in [6.45, 7) is 6.10. The average Bonchev–Trinajstić information content (AvgIpc) is 2.66. The van der Waals surface area contributed by atoms with Crippen LogP contribution < -0.4 is 5.73 Å². The van der Waals surface area contributed by atoms with Gasteiger partial charge in [-0.3, -0.25) is 4.79 Å². The minimum atomic E-state index is -0.0672. The number of carbonyl (C=O) groups is 1. The van der Waals surface area contributed by atoms with Crippen molar-refractivity contribution in [3.05, 3.63) is 0 Å². The first-order valence-corrected chi connectivity index (χ1v) is 5.69. The highest BCUT2D eigenvalue weighted by atomic mass is 16.3. The molecule has 0 aromatic rings. The predicted molar refractivity (Wildman–Crippen MR) is 59.2 cm³/mol. The Morgan fingerprint density at radius 2 is 2.27 bits per heavy atom. The standard InChI is InChI=1S/C11H22N2O2/c1-8(2)10(5-12)11(15)13-4-3-9(6-13)7-14/h8-10,14H,3-7,12H2,1-2H3. The topological polar surface area (TPSA) is 66.6 Å². The number of aliphatic hydroxyl groups is 1. The van der Waals surface area contributed by atoms with Gasteiger partial charge in [0.2, 0.25) is 5.91 Å². The summed E-state index contributed by atoms with van der Waals surface area (Å²) in [4.78, 5) is 13.9. The van der Waals surface area contributed by atoms with Crippen LogP contribution in [-0.4, -0.2) is 42.2 Å². The molecule has 0 bridgehead atoms. The number of nitrogens with zero attached hydrogens (tertiary/aromatic N) is 1. The molecule has 0 spiro atoms. The molecule has 1 amide bonds. The van der Waals surface area contributed by atoms with E-state index in [0.717, 1.165) is 13.0 Å². The van der Waals surface area contributed by atoms with Crippen molar-refractivity contribution >= 4 is 5.91 Å². The van der Waals surface area contributed by atoms with Crippen molar-refractivity contribution < 1.29 is 9.90 Å². The lowest BCUT2D eigenvalue weighted by molar-refractivity contribution is -0.135. The van der Waals surface area contributed by atoms with Crippen LogP contribution in [0.25, 0.3) is 0 Å². The van der Waals surface area contributed by atoms with Crippen molar-refractivity contribution in [2.75, 3.05) is 26.2 Å². The summed E-state index contributed by atoms with van der Waals surface area (Å²) >= 11 is 0. The molecule has 88 valence electrons. The predicted octanol–water partition coefficient (Wildman–Crippen LogP) is 0.0581. The zero-order chi connectivity index (χ0) is 11.4. The summed E-state index contributed by atoms with van der Waals surface area (Å²) in [5, 5.41) is 9.01. The summed E-state index contributed by atoms with van der Waals surface area (Å²) in [6, 6.07) is 0. The van der Waals surface area contributed by atoms with Crippen molar-refractivity contribution in [3.63, 3.8) is 0 Å². The molecule has 0 aliphatic carbocycles. The van der Waals surface area contributed by atoms with E-state index in [0.29, 0.717) is 13.1 Å². The average molecular weight is 214 g/mol. The van der Waals surface area contributed by atoms with E-state index in [4.69, 9.17) is 10.8 Å². The normalized spacial score (nSPS) is 23.5. The van der Waals surface area contributed by atoms with Gasteiger partial charge >= 0.3 is 0 Å². The second kappa shape index (κ2) is 5.47. The van der Waals surface area contributed by atoms with E-state index in [1.54, 1.807) is 0 Å². The van der Waals surface area contributed by atoms with Gasteiger partial charge < -0.3 is 15.7 Å². The highest BCUT2D eigenvalue weighted by Gasteiger charge is 2.31. The lowest BCUT2D eigenvalue weighted by Gasteiger charge is -2.24. The number of amides is 1. The van der Waals surface area contributed by atoms with Gasteiger partial charge in [0.05, 0.1) is 5.92 Å². The second-order valence-corrected chi connectivity index (χ2v) is 4.71. The van der Waals surface area contributed by atoms with Crippen LogP contribution in [-0.2, 0) is 4.79 Å². The maximum Gasteiger partial charge on any atom is 0.227 e. The molecule has 0 aromatic heterocycles. The SMILES string of the molecule is CC(C)C(CN)C(=O)N1CCC(CO)C1. The van der Waals surface area contributed by atoms with E-state index in [2.05, 4.69) is 0 Å². The van der Waals surface area contributed by atoms with E-state index in [9.17, 15) is 4.79 Å². The fourth-order valence-corrected chi connectivity index (χ4v) is 2.07. The minimum Gasteiger partial charge on any atom is -0.396 e. The number of nitrogens with two attached hydrogens (primary N) is 1. The molecule has 1 rings (SSSR count). The van der Waals surface area contributed by atoms with Crippen molar-refractivity contribution in [2.45, 2.75) is 20.3 Å². The highest BCUT2D eigenvalue weighted by molar-refractivity contribution is 5.79. The van der Waals surface area contributed by atoms with Crippen LogP contribution in [0.5, 0.6) is 0 Å². The van der Waals surface area contributed by atoms with Crippen LogP contribution in [0.3, 0.4) is 0 Å². The van der Waals surface area contributed by atoms with Gasteiger partial charge in [-0.1, -0.05) is 13.8 Å². The van der Waals surface area contributed by atoms with E-state index >= 15 is 0 Å². The molecular formula is C11H22N2O2. The van der Waals surface area contributed by atoms with Crippen LogP contribution in [0.2, 0.25) is 0 Å². The van der Waals surface area contributed by atoms with Gasteiger partial charge in [0.25, 0.3) is 0 Å². The van der Waals surface area contributed by atoms with Crippen LogP contribution in [0.15, 0.2) is 0 Å². The maximum atomic E-state index is 12.0. The molecule has 3 N–H and O–H groups in total. The van der Waals surface area contributed by atoms with Crippen LogP contribution in [0, 0.1) is 17.8 Å². The Morgan fingerprint density at radius 3 is 2.67 bits per heavy atom. The molecule has 1 aliphatic rings. The Labute approximate surface area is 91.4 Å². The molecule has 1 aliphatic heterocycles. The molecule has 1 saturated heterocycles. The highest BCUT2D eigenvalue weighted by Crippen LogP contribution is 2.20. The van der Waals surface area contributed by atoms with E-state index in [1.807, 2.05) is 18.7 Å². The van der Waals surface area contributed by atoms with Crippen LogP contribution >= 0.6 is 0 Å². The van der Waals surface area contributed by atoms with Crippen molar-refractivity contribution in [1.82, 2.24) is 4.90 Å². The summed E-state index contributed by atoms with van der Waals surface area (Å²) < 4.78 is 0. The first kappa shape index (κ1) is 12.5. The van der Waals surface area contributed by atoms with Crippen molar-refractivity contribution in [2.24, 2.45) is 23.5 Å². The summed E-state index contributed by atoms with van der Waals surface area (Å²) in [7, 11) is 0. The molecule has 0 radical (unpaired) electrons. The smallest absolute Gasteiger partial charge is 0.227 e. The number of aliphatic hydroxyl groups excluding tert-OH is 1. The van der Waals surface area contributed by atoms with Gasteiger partial charge in [0.15, 0.2) is 0 Å². The second-order valence-electron chi connectivity index (χ2n) is 4.71. The van der Waals surface area contributed by atoms with Gasteiger partial charge in [-0.05, 0) is 12.3 Å². The Hall–Kier alpha value is -0.610. The Morgan fingerprint density at radius 1 is 1.60 bits per heavy atom. The third kappa shape index (κ3) is 2.92. The Bertz CT molecular complexity index is 219.